The van der Waals surface area contributed by atoms with Crippen molar-refractivity contribution < 1.29 is 21.6 Å². The number of carbonyl (C=O) groups is 3. The summed E-state index contributed by atoms with van der Waals surface area (Å²) in [4.78, 5) is 51.8. The molecule has 0 radical (unpaired) electrons. The molecule has 3 saturated heterocycles. The van der Waals surface area contributed by atoms with Crippen molar-refractivity contribution >= 4 is 41.0 Å². The average molecular weight is 711 g/mol. The van der Waals surface area contributed by atoms with Gasteiger partial charge >= 0.3 is 6.03 Å². The fourth-order valence-electron chi connectivity index (χ4n) is 7.89. The second kappa shape index (κ2) is 14.7. The molecule has 2 atom stereocenters. The molecule has 11 heteroatoms. The zero-order chi connectivity index (χ0) is 35.8. The molecule has 0 spiro atoms. The summed E-state index contributed by atoms with van der Waals surface area (Å²) in [7, 11) is 0. The van der Waals surface area contributed by atoms with Gasteiger partial charge in [0.25, 0.3) is 0 Å². The molecule has 2 aromatic carbocycles. The van der Waals surface area contributed by atoms with Gasteiger partial charge < -0.3 is 24.9 Å². The molecule has 4 aliphatic rings. The van der Waals surface area contributed by atoms with Gasteiger partial charge in [0.05, 0.1) is 12.1 Å². The van der Waals surface area contributed by atoms with E-state index < -0.39 is 10.1 Å². The minimum Gasteiger partial charge on any atom is -0.366 e. The van der Waals surface area contributed by atoms with E-state index in [4.69, 9.17) is 0 Å². The van der Waals surface area contributed by atoms with Crippen LogP contribution in [0.2, 0.25) is 0 Å². The molecule has 4 heterocycles. The van der Waals surface area contributed by atoms with Crippen molar-refractivity contribution in [2.45, 2.75) is 95.9 Å². The number of likely N-dealkylation sites (tertiary alicyclic amines) is 1. The number of anilines is 2. The Balaban J connectivity index is 0.00000302. The molecule has 9 nitrogen and oxygen atoms in total. The lowest BCUT2D eigenvalue weighted by Crippen LogP contribution is -2.51. The number of piperazine rings is 1. The third kappa shape index (κ3) is 7.78. The maximum Gasteiger partial charge on any atom is 0.322 e. The largest absolute Gasteiger partial charge is 0.366 e. The molecule has 4 amide bonds. The van der Waals surface area contributed by atoms with E-state index in [1.165, 1.54) is 17.8 Å². The van der Waals surface area contributed by atoms with Crippen LogP contribution >= 0.6 is 11.8 Å². The van der Waals surface area contributed by atoms with Crippen LogP contribution in [0.5, 0.6) is 0 Å². The Bertz CT molecular complexity index is 1580. The van der Waals surface area contributed by atoms with Crippen LogP contribution < -0.4 is 10.2 Å². The maximum atomic E-state index is 15.8. The van der Waals surface area contributed by atoms with E-state index in [2.05, 4.69) is 55.8 Å². The molecule has 2 aromatic rings. The monoisotopic (exact) mass is 710 g/mol. The first-order valence-electron chi connectivity index (χ1n) is 18.4. The standard InChI is InChI=1S/C39H55FN6O3S.2H2/c1-27(2)42-22-24-44(25-23-42)34-30(11-9-12-31(34)40)35-46(21-17-38(3,4)5)36(48)39(6,50-35)26-33(47)43-18-15-29(16-19-43)45-20-14-28-10-7-8-13-32(28)41-37(45)49;;/h7-13,27,29,35H,14-26H2,1-6H3,(H,41,49);2*1H/t35-,39+;;/m1../s1. The number of benzene rings is 2. The first-order chi connectivity index (χ1) is 23.7. The molecule has 50 heavy (non-hydrogen) atoms. The van der Waals surface area contributed by atoms with Crippen LogP contribution in [0.25, 0.3) is 0 Å². The van der Waals surface area contributed by atoms with Gasteiger partial charge in [0, 0.05) is 78.5 Å². The lowest BCUT2D eigenvalue weighted by molar-refractivity contribution is -0.139. The molecule has 4 aliphatic heterocycles. The van der Waals surface area contributed by atoms with Gasteiger partial charge in [0.15, 0.2) is 0 Å². The quantitative estimate of drug-likeness (QED) is 0.316. The second-order valence-electron chi connectivity index (χ2n) is 16.1. The lowest BCUT2D eigenvalue weighted by Gasteiger charge is -2.40. The van der Waals surface area contributed by atoms with E-state index in [1.54, 1.807) is 6.07 Å². The predicted molar refractivity (Wildman–Crippen MR) is 204 cm³/mol. The Morgan fingerprint density at radius 1 is 1.00 bits per heavy atom. The molecular weight excluding hydrogens is 652 g/mol. The molecule has 276 valence electrons. The number of amides is 4. The summed E-state index contributed by atoms with van der Waals surface area (Å²) >= 11 is 1.50. The summed E-state index contributed by atoms with van der Waals surface area (Å²) in [5.74, 6) is -0.361. The van der Waals surface area contributed by atoms with Crippen molar-refractivity contribution in [1.29, 1.82) is 0 Å². The number of nitrogens with one attached hydrogen (secondary N) is 1. The Morgan fingerprint density at radius 2 is 1.70 bits per heavy atom. The van der Waals surface area contributed by atoms with Crippen LogP contribution in [0.4, 0.5) is 20.6 Å². The van der Waals surface area contributed by atoms with Crippen LogP contribution in [0.1, 0.15) is 86.6 Å². The third-order valence-electron chi connectivity index (χ3n) is 11.0. The van der Waals surface area contributed by atoms with E-state index >= 15 is 4.39 Å². The predicted octanol–water partition coefficient (Wildman–Crippen LogP) is 7.09. The van der Waals surface area contributed by atoms with Gasteiger partial charge in [-0.2, -0.15) is 0 Å². The molecular formula is C39H59FN6O3S. The molecule has 0 saturated carbocycles. The smallest absolute Gasteiger partial charge is 0.322 e. The van der Waals surface area contributed by atoms with Crippen LogP contribution in [0.15, 0.2) is 42.5 Å². The molecule has 3 fully saturated rings. The summed E-state index contributed by atoms with van der Waals surface area (Å²) in [5, 5.41) is 2.68. The van der Waals surface area contributed by atoms with E-state index in [0.717, 1.165) is 55.8 Å². The summed E-state index contributed by atoms with van der Waals surface area (Å²) in [6.45, 7) is 18.2. The van der Waals surface area contributed by atoms with Crippen molar-refractivity contribution in [2.24, 2.45) is 5.41 Å². The summed E-state index contributed by atoms with van der Waals surface area (Å²) in [6.07, 6.45) is 3.07. The van der Waals surface area contributed by atoms with E-state index in [1.807, 2.05) is 45.9 Å². The molecule has 0 aromatic heterocycles. The van der Waals surface area contributed by atoms with E-state index in [9.17, 15) is 14.4 Å². The third-order valence-corrected chi connectivity index (χ3v) is 12.6. The highest BCUT2D eigenvalue weighted by atomic mass is 32.2. The van der Waals surface area contributed by atoms with Gasteiger partial charge in [0.1, 0.15) is 15.9 Å². The van der Waals surface area contributed by atoms with Gasteiger partial charge in [-0.05, 0) is 69.6 Å². The number of piperidine rings is 1. The maximum absolute atomic E-state index is 15.8. The SMILES string of the molecule is CC(C)N1CCN(c2c(F)cccc2[C@H]2S[C@@](C)(CC(=O)N3CCC(N4CCc5ccccc5NC4=O)CC3)C(=O)N2CCC(C)(C)C)CC1.[HH].[HH]. The Morgan fingerprint density at radius 3 is 2.38 bits per heavy atom. The average Bonchev–Trinajstić information content (AvgIpc) is 3.20. The minimum atomic E-state index is -0.979. The van der Waals surface area contributed by atoms with Crippen molar-refractivity contribution in [1.82, 2.24) is 19.6 Å². The van der Waals surface area contributed by atoms with Crippen molar-refractivity contribution in [3.63, 3.8) is 0 Å². The van der Waals surface area contributed by atoms with Crippen molar-refractivity contribution in [2.75, 3.05) is 62.6 Å². The number of urea groups is 1. The van der Waals surface area contributed by atoms with Crippen LogP contribution in [-0.4, -0.2) is 107 Å². The number of carbonyl (C=O) groups excluding carboxylic acids is 3. The van der Waals surface area contributed by atoms with Crippen LogP contribution in [0, 0.1) is 11.2 Å². The number of thioether (sulfide) groups is 1. The van der Waals surface area contributed by atoms with E-state index in [-0.39, 0.29) is 44.4 Å². The van der Waals surface area contributed by atoms with Gasteiger partial charge in [0.2, 0.25) is 11.8 Å². The summed E-state index contributed by atoms with van der Waals surface area (Å²) < 4.78 is 14.8. The highest BCUT2D eigenvalue weighted by Crippen LogP contribution is 2.53. The van der Waals surface area contributed by atoms with Gasteiger partial charge in [-0.25, -0.2) is 9.18 Å². The summed E-state index contributed by atoms with van der Waals surface area (Å²) in [5.41, 5.74) is 3.40. The topological polar surface area (TPSA) is 79.4 Å². The Kier molecular flexibility index (Phi) is 10.8. The normalized spacial score (nSPS) is 24.1. The highest BCUT2D eigenvalue weighted by molar-refractivity contribution is 8.02. The molecule has 0 unspecified atom stereocenters. The zero-order valence-corrected chi connectivity index (χ0v) is 31.5. The minimum absolute atomic E-state index is 0. The second-order valence-corrected chi connectivity index (χ2v) is 17.7. The first kappa shape index (κ1) is 36.5. The number of nitrogens with zero attached hydrogens (tertiary/aromatic N) is 5. The van der Waals surface area contributed by atoms with Crippen LogP contribution in [-0.2, 0) is 16.0 Å². The van der Waals surface area contributed by atoms with E-state index in [0.29, 0.717) is 50.7 Å². The molecule has 0 aliphatic carbocycles. The van der Waals surface area contributed by atoms with Gasteiger partial charge in [-0.1, -0.05) is 51.1 Å². The lowest BCUT2D eigenvalue weighted by atomic mass is 9.91. The number of hydrogen-bond donors (Lipinski definition) is 1. The molecule has 1 N–H and O–H groups in total. The number of para-hydroxylation sites is 2. The number of hydrogen-bond acceptors (Lipinski definition) is 6. The number of halogens is 1. The Hall–Kier alpha value is -3.31. The summed E-state index contributed by atoms with van der Waals surface area (Å²) in [6, 6.07) is 13.6. The zero-order valence-electron chi connectivity index (χ0n) is 30.7. The first-order valence-corrected chi connectivity index (χ1v) is 19.3. The van der Waals surface area contributed by atoms with Gasteiger partial charge in [-0.3, -0.25) is 14.5 Å². The molecule has 0 bridgehead atoms. The molecule has 6 rings (SSSR count). The fraction of sp³-hybridized carbons (Fsp3) is 0.615. The van der Waals surface area contributed by atoms with Crippen molar-refractivity contribution in [3.05, 3.63) is 59.4 Å². The van der Waals surface area contributed by atoms with Crippen LogP contribution in [0.3, 0.4) is 0 Å². The van der Waals surface area contributed by atoms with Crippen molar-refractivity contribution in [3.8, 4) is 0 Å². The number of rotatable bonds is 8. The fourth-order valence-corrected chi connectivity index (χ4v) is 9.45. The highest BCUT2D eigenvalue weighted by Gasteiger charge is 2.52. The van der Waals surface area contributed by atoms with Gasteiger partial charge in [-0.15, -0.1) is 11.8 Å². The number of fused-ring (bicyclic) bond motifs is 1. The Labute approximate surface area is 304 Å².